The molecule has 5 rings (SSSR count). The highest BCUT2D eigenvalue weighted by Gasteiger charge is 2.51. The van der Waals surface area contributed by atoms with E-state index in [4.69, 9.17) is 9.31 Å². The minimum Gasteiger partial charge on any atom is -0.399 e. The van der Waals surface area contributed by atoms with Crippen LogP contribution in [0.4, 0.5) is 0 Å². The molecule has 8 heteroatoms. The van der Waals surface area contributed by atoms with E-state index in [1.165, 1.54) is 6.20 Å². The molecular weight excluding hydrogens is 393 g/mol. The second-order valence-electron chi connectivity index (χ2n) is 8.84. The van der Waals surface area contributed by atoms with Crippen LogP contribution >= 0.6 is 0 Å². The first-order chi connectivity index (χ1) is 14.7. The highest BCUT2D eigenvalue weighted by atomic mass is 16.7. The maximum absolute atomic E-state index is 13.3. The highest BCUT2D eigenvalue weighted by molar-refractivity contribution is 6.62. The summed E-state index contributed by atoms with van der Waals surface area (Å²) in [7, 11) is -0.581. The average molecular weight is 415 g/mol. The highest BCUT2D eigenvalue weighted by Crippen LogP contribution is 2.36. The van der Waals surface area contributed by atoms with Gasteiger partial charge in [-0.2, -0.15) is 0 Å². The molecule has 3 heterocycles. The third kappa shape index (κ3) is 3.02. The predicted octanol–water partition coefficient (Wildman–Crippen LogP) is 2.53. The van der Waals surface area contributed by atoms with Crippen molar-refractivity contribution >= 4 is 34.3 Å². The summed E-state index contributed by atoms with van der Waals surface area (Å²) in [6.45, 7) is 7.92. The molecule has 1 aliphatic rings. The van der Waals surface area contributed by atoms with E-state index < -0.39 is 29.6 Å². The van der Waals surface area contributed by atoms with E-state index in [1.54, 1.807) is 24.4 Å². The fourth-order valence-corrected chi connectivity index (χ4v) is 3.86. The van der Waals surface area contributed by atoms with Gasteiger partial charge in [0.15, 0.2) is 0 Å². The summed E-state index contributed by atoms with van der Waals surface area (Å²) in [5.41, 5.74) is -0.270. The Kier molecular flexibility index (Phi) is 4.22. The number of rotatable bonds is 2. The minimum absolute atomic E-state index is 0.396. The van der Waals surface area contributed by atoms with Crippen molar-refractivity contribution in [2.75, 3.05) is 0 Å². The summed E-state index contributed by atoms with van der Waals surface area (Å²) >= 11 is 0. The van der Waals surface area contributed by atoms with Gasteiger partial charge in [-0.15, -0.1) is 0 Å². The Morgan fingerprint density at radius 1 is 0.935 bits per heavy atom. The van der Waals surface area contributed by atoms with E-state index in [1.807, 2.05) is 52.0 Å². The third-order valence-electron chi connectivity index (χ3n) is 6.34. The van der Waals surface area contributed by atoms with Crippen molar-refractivity contribution in [1.82, 2.24) is 14.5 Å². The smallest absolute Gasteiger partial charge is 0.399 e. The summed E-state index contributed by atoms with van der Waals surface area (Å²) < 4.78 is 13.3. The van der Waals surface area contributed by atoms with Gasteiger partial charge in [0, 0.05) is 17.0 Å². The van der Waals surface area contributed by atoms with Crippen LogP contribution in [0.2, 0.25) is 0 Å². The van der Waals surface area contributed by atoms with Gasteiger partial charge < -0.3 is 14.3 Å². The van der Waals surface area contributed by atoms with Crippen molar-refractivity contribution in [2.24, 2.45) is 0 Å². The third-order valence-corrected chi connectivity index (χ3v) is 6.34. The average Bonchev–Trinajstić information content (AvgIpc) is 2.95. The van der Waals surface area contributed by atoms with E-state index in [9.17, 15) is 9.59 Å². The van der Waals surface area contributed by atoms with Crippen LogP contribution in [-0.2, 0) is 9.31 Å². The van der Waals surface area contributed by atoms with Gasteiger partial charge in [0.2, 0.25) is 0 Å². The van der Waals surface area contributed by atoms with Crippen molar-refractivity contribution in [3.8, 4) is 5.69 Å². The Labute approximate surface area is 178 Å². The van der Waals surface area contributed by atoms with Crippen LogP contribution in [0.3, 0.4) is 0 Å². The Morgan fingerprint density at radius 2 is 1.65 bits per heavy atom. The summed E-state index contributed by atoms with van der Waals surface area (Å²) in [4.78, 5) is 33.3. The zero-order valence-electron chi connectivity index (χ0n) is 17.8. The van der Waals surface area contributed by atoms with Crippen molar-refractivity contribution in [3.05, 3.63) is 75.7 Å². The Morgan fingerprint density at radius 3 is 2.39 bits per heavy atom. The van der Waals surface area contributed by atoms with Gasteiger partial charge in [-0.1, -0.05) is 30.3 Å². The summed E-state index contributed by atoms with van der Waals surface area (Å²) in [6, 6.07) is 12.7. The fourth-order valence-electron chi connectivity index (χ4n) is 3.86. The molecule has 0 aliphatic carbocycles. The molecule has 1 aliphatic heterocycles. The van der Waals surface area contributed by atoms with Gasteiger partial charge in [-0.05, 0) is 45.3 Å². The number of pyridine rings is 1. The molecule has 0 spiro atoms. The Hall–Kier alpha value is -3.23. The maximum Gasteiger partial charge on any atom is 0.494 e. The lowest BCUT2D eigenvalue weighted by Gasteiger charge is -2.32. The van der Waals surface area contributed by atoms with E-state index in [-0.39, 0.29) is 0 Å². The number of H-pyrrole nitrogens is 1. The molecular formula is C23H22BN3O4. The Bertz CT molecular complexity index is 1430. The molecule has 1 saturated heterocycles. The molecule has 0 bridgehead atoms. The lowest BCUT2D eigenvalue weighted by molar-refractivity contribution is 0.00578. The molecule has 2 aromatic heterocycles. The SMILES string of the molecule is CC1(C)OB(c2ccc3c(=O)n(-c4cncc5ccccc45)c(=O)[nH]c3c2)OC1(C)C. The summed E-state index contributed by atoms with van der Waals surface area (Å²) in [5, 5.41) is 2.02. The standard InChI is InChI=1S/C23H22BN3O4/c1-22(2)23(3,4)31-24(30-22)15-9-10-17-18(11-15)26-21(29)27(20(17)28)19-13-25-12-14-7-5-6-8-16(14)19/h5-13H,1-4H3,(H,26,29). The topological polar surface area (TPSA) is 86.2 Å². The number of nitrogens with zero attached hydrogens (tertiary/aromatic N) is 2. The predicted molar refractivity (Wildman–Crippen MR) is 121 cm³/mol. The molecule has 0 saturated carbocycles. The summed E-state index contributed by atoms with van der Waals surface area (Å²) in [5.74, 6) is 0. The molecule has 0 unspecified atom stereocenters. The Balaban J connectivity index is 1.66. The molecule has 0 atom stereocenters. The van der Waals surface area contributed by atoms with Crippen molar-refractivity contribution in [1.29, 1.82) is 0 Å². The van der Waals surface area contributed by atoms with E-state index in [0.717, 1.165) is 20.8 Å². The first-order valence-corrected chi connectivity index (χ1v) is 10.2. The van der Waals surface area contributed by atoms with Gasteiger partial charge in [-0.25, -0.2) is 9.36 Å². The fraction of sp³-hybridized carbons (Fsp3) is 0.261. The van der Waals surface area contributed by atoms with Crippen LogP contribution in [0.1, 0.15) is 27.7 Å². The van der Waals surface area contributed by atoms with Gasteiger partial charge in [0.05, 0.1) is 34.0 Å². The van der Waals surface area contributed by atoms with Crippen LogP contribution in [0.25, 0.3) is 27.4 Å². The monoisotopic (exact) mass is 415 g/mol. The van der Waals surface area contributed by atoms with Crippen molar-refractivity contribution in [3.63, 3.8) is 0 Å². The first-order valence-electron chi connectivity index (χ1n) is 10.2. The van der Waals surface area contributed by atoms with Crippen molar-refractivity contribution < 1.29 is 9.31 Å². The maximum atomic E-state index is 13.3. The normalized spacial score (nSPS) is 17.5. The first kappa shape index (κ1) is 19.7. The summed E-state index contributed by atoms with van der Waals surface area (Å²) in [6.07, 6.45) is 3.24. The van der Waals surface area contributed by atoms with Gasteiger partial charge >= 0.3 is 12.8 Å². The number of nitrogens with one attached hydrogen (secondary N) is 1. The number of aromatic nitrogens is 3. The molecule has 0 radical (unpaired) electrons. The number of hydrogen-bond acceptors (Lipinski definition) is 5. The quantitative estimate of drug-likeness (QED) is 0.509. The van der Waals surface area contributed by atoms with Crippen molar-refractivity contribution in [2.45, 2.75) is 38.9 Å². The molecule has 0 amide bonds. The van der Waals surface area contributed by atoms with E-state index in [0.29, 0.717) is 16.6 Å². The molecule has 2 aromatic carbocycles. The van der Waals surface area contributed by atoms with Crippen LogP contribution in [0.5, 0.6) is 0 Å². The molecule has 7 nitrogen and oxygen atoms in total. The molecule has 156 valence electrons. The molecule has 1 N–H and O–H groups in total. The molecule has 31 heavy (non-hydrogen) atoms. The van der Waals surface area contributed by atoms with E-state index >= 15 is 0 Å². The number of fused-ring (bicyclic) bond motifs is 2. The van der Waals surface area contributed by atoms with E-state index in [2.05, 4.69) is 9.97 Å². The second-order valence-corrected chi connectivity index (χ2v) is 8.84. The largest absolute Gasteiger partial charge is 0.494 e. The lowest BCUT2D eigenvalue weighted by atomic mass is 9.79. The second kappa shape index (κ2) is 6.64. The van der Waals surface area contributed by atoms with Crippen LogP contribution < -0.4 is 16.7 Å². The molecule has 1 fully saturated rings. The zero-order chi connectivity index (χ0) is 22.0. The zero-order valence-corrected chi connectivity index (χ0v) is 17.8. The van der Waals surface area contributed by atoms with Gasteiger partial charge in [0.25, 0.3) is 5.56 Å². The van der Waals surface area contributed by atoms with Gasteiger partial charge in [-0.3, -0.25) is 9.78 Å². The van der Waals surface area contributed by atoms with Crippen LogP contribution in [0, 0.1) is 0 Å². The van der Waals surface area contributed by atoms with Gasteiger partial charge in [0.1, 0.15) is 0 Å². The molecule has 4 aromatic rings. The van der Waals surface area contributed by atoms with Crippen LogP contribution in [0.15, 0.2) is 64.4 Å². The lowest BCUT2D eigenvalue weighted by Crippen LogP contribution is -2.41. The van der Waals surface area contributed by atoms with Crippen LogP contribution in [-0.4, -0.2) is 32.9 Å². The number of benzene rings is 2. The minimum atomic E-state index is -0.581. The number of hydrogen-bond donors (Lipinski definition) is 1. The number of aromatic amines is 1.